The van der Waals surface area contributed by atoms with E-state index in [4.69, 9.17) is 21.0 Å². The molecule has 1 rings (SSSR count). The molecule has 0 atom stereocenters. The zero-order chi connectivity index (χ0) is 13.1. The van der Waals surface area contributed by atoms with Crippen molar-refractivity contribution < 1.29 is 0 Å². The summed E-state index contributed by atoms with van der Waals surface area (Å²) in [6.45, 7) is 3.33. The average Bonchev–Trinajstić information content (AvgIpc) is 2.36. The van der Waals surface area contributed by atoms with Gasteiger partial charge in [-0.05, 0) is 31.5 Å². The van der Waals surface area contributed by atoms with E-state index < -0.39 is 5.41 Å². The summed E-state index contributed by atoms with van der Waals surface area (Å²) in [6.07, 6.45) is 0. The van der Waals surface area contributed by atoms with Crippen molar-refractivity contribution >= 4 is 0 Å². The quantitative estimate of drug-likeness (QED) is 0.723. The summed E-state index contributed by atoms with van der Waals surface area (Å²) in [6, 6.07) is 10.6. The van der Waals surface area contributed by atoms with E-state index in [0.717, 1.165) is 0 Å². The van der Waals surface area contributed by atoms with Crippen LogP contribution < -0.4 is 0 Å². The van der Waals surface area contributed by atoms with Crippen molar-refractivity contribution in [2.45, 2.75) is 19.3 Å². The monoisotopic (exact) mass is 220 g/mol. The fraction of sp³-hybridized carbons (Fsp3) is 0.231. The Kier molecular flexibility index (Phi) is 3.14. The number of nitrogens with zero attached hydrogens (tertiary/aromatic N) is 4. The van der Waals surface area contributed by atoms with Crippen LogP contribution in [0.5, 0.6) is 0 Å². The zero-order valence-electron chi connectivity index (χ0n) is 9.44. The lowest BCUT2D eigenvalue weighted by Crippen LogP contribution is -2.16. The van der Waals surface area contributed by atoms with Gasteiger partial charge in [0.2, 0.25) is 0 Å². The van der Waals surface area contributed by atoms with Gasteiger partial charge in [-0.15, -0.1) is 0 Å². The Bertz CT molecular complexity index is 628. The number of hydrogen-bond acceptors (Lipinski definition) is 4. The molecule has 0 aromatic heterocycles. The first-order valence-electron chi connectivity index (χ1n) is 4.80. The average molecular weight is 220 g/mol. The second kappa shape index (κ2) is 4.36. The highest BCUT2D eigenvalue weighted by molar-refractivity contribution is 5.56. The summed E-state index contributed by atoms with van der Waals surface area (Å²) in [4.78, 5) is 0. The summed E-state index contributed by atoms with van der Waals surface area (Å²) in [5.74, 6) is 0. The Labute approximate surface area is 99.6 Å². The van der Waals surface area contributed by atoms with E-state index in [2.05, 4.69) is 6.07 Å². The van der Waals surface area contributed by atoms with Crippen molar-refractivity contribution in [3.63, 3.8) is 0 Å². The maximum atomic E-state index is 9.05. The maximum Gasteiger partial charge on any atom is 0.101 e. The molecule has 0 heterocycles. The zero-order valence-corrected chi connectivity index (χ0v) is 9.44. The van der Waals surface area contributed by atoms with Gasteiger partial charge in [-0.2, -0.15) is 21.0 Å². The van der Waals surface area contributed by atoms with Crippen molar-refractivity contribution in [3.8, 4) is 24.3 Å². The molecule has 0 aliphatic rings. The summed E-state index contributed by atoms with van der Waals surface area (Å²) in [5.41, 5.74) is 0.196. The fourth-order valence-corrected chi connectivity index (χ4v) is 1.45. The Morgan fingerprint density at radius 1 is 0.824 bits per heavy atom. The number of nitriles is 4. The van der Waals surface area contributed by atoms with Gasteiger partial charge in [-0.1, -0.05) is 0 Å². The number of rotatable bonds is 1. The first-order chi connectivity index (χ1) is 8.00. The molecule has 0 fully saturated rings. The topological polar surface area (TPSA) is 95.2 Å². The standard InChI is InChI=1S/C13H8N4/c1-13(2,8-17)12-4-10(6-15)9(5-14)3-11(12)7-16/h3-4H,1-2H3. The molecule has 4 heteroatoms. The Hall–Kier alpha value is -2.82. The highest BCUT2D eigenvalue weighted by atomic mass is 14.4. The van der Waals surface area contributed by atoms with Crippen molar-refractivity contribution in [2.24, 2.45) is 0 Å². The van der Waals surface area contributed by atoms with Crippen LogP contribution in [0.25, 0.3) is 0 Å². The lowest BCUT2D eigenvalue weighted by Gasteiger charge is -2.17. The minimum Gasteiger partial charge on any atom is -0.197 e. The molecule has 0 unspecified atom stereocenters. The van der Waals surface area contributed by atoms with Crippen molar-refractivity contribution in [1.82, 2.24) is 0 Å². The van der Waals surface area contributed by atoms with Gasteiger partial charge in [0.05, 0.1) is 34.2 Å². The lowest BCUT2D eigenvalue weighted by atomic mass is 9.81. The Morgan fingerprint density at radius 2 is 1.29 bits per heavy atom. The third kappa shape index (κ3) is 2.07. The van der Waals surface area contributed by atoms with E-state index in [1.54, 1.807) is 13.8 Å². The van der Waals surface area contributed by atoms with Crippen LogP contribution >= 0.6 is 0 Å². The third-order valence-electron chi connectivity index (χ3n) is 2.47. The van der Waals surface area contributed by atoms with Crippen LogP contribution in [0.2, 0.25) is 0 Å². The fourth-order valence-electron chi connectivity index (χ4n) is 1.45. The molecular weight excluding hydrogens is 212 g/mol. The molecule has 80 valence electrons. The molecule has 0 radical (unpaired) electrons. The van der Waals surface area contributed by atoms with Gasteiger partial charge < -0.3 is 0 Å². The van der Waals surface area contributed by atoms with Crippen molar-refractivity contribution in [3.05, 3.63) is 34.4 Å². The van der Waals surface area contributed by atoms with Crippen LogP contribution in [-0.4, -0.2) is 0 Å². The van der Waals surface area contributed by atoms with Gasteiger partial charge in [0.1, 0.15) is 12.1 Å². The Morgan fingerprint density at radius 3 is 1.71 bits per heavy atom. The van der Waals surface area contributed by atoms with Crippen LogP contribution in [0.15, 0.2) is 12.1 Å². The van der Waals surface area contributed by atoms with Crippen LogP contribution in [0.3, 0.4) is 0 Å². The van der Waals surface area contributed by atoms with Crippen LogP contribution in [0, 0.1) is 45.3 Å². The number of hydrogen-bond donors (Lipinski definition) is 0. The van der Waals surface area contributed by atoms with E-state index in [9.17, 15) is 0 Å². The smallest absolute Gasteiger partial charge is 0.101 e. The lowest BCUT2D eigenvalue weighted by molar-refractivity contribution is 0.684. The molecule has 1 aromatic rings. The molecule has 0 saturated heterocycles. The SMILES string of the molecule is CC(C)(C#N)c1cc(C#N)c(C#N)cc1C#N. The predicted octanol–water partition coefficient (Wildman–Crippen LogP) is 2.10. The highest BCUT2D eigenvalue weighted by Gasteiger charge is 2.25. The van der Waals surface area contributed by atoms with Gasteiger partial charge in [-0.3, -0.25) is 0 Å². The molecule has 1 aromatic carbocycles. The van der Waals surface area contributed by atoms with Crippen molar-refractivity contribution in [2.75, 3.05) is 0 Å². The normalized spacial score (nSPS) is 9.53. The molecule has 0 aliphatic carbocycles. The molecule has 0 spiro atoms. The van der Waals surface area contributed by atoms with Crippen molar-refractivity contribution in [1.29, 1.82) is 21.0 Å². The molecule has 0 N–H and O–H groups in total. The Balaban J connectivity index is 3.68. The molecular formula is C13H8N4. The van der Waals surface area contributed by atoms with Crippen LogP contribution in [0.4, 0.5) is 0 Å². The van der Waals surface area contributed by atoms with E-state index in [0.29, 0.717) is 5.56 Å². The number of benzene rings is 1. The van der Waals surface area contributed by atoms with E-state index in [1.807, 2.05) is 18.2 Å². The summed E-state index contributed by atoms with van der Waals surface area (Å²) < 4.78 is 0. The molecule has 0 bridgehead atoms. The largest absolute Gasteiger partial charge is 0.197 e. The molecule has 0 saturated carbocycles. The van der Waals surface area contributed by atoms with Gasteiger partial charge >= 0.3 is 0 Å². The minimum atomic E-state index is -0.870. The predicted molar refractivity (Wildman–Crippen MR) is 59.2 cm³/mol. The summed E-state index contributed by atoms with van der Waals surface area (Å²) >= 11 is 0. The minimum absolute atomic E-state index is 0.154. The van der Waals surface area contributed by atoms with Crippen LogP contribution in [-0.2, 0) is 5.41 Å². The maximum absolute atomic E-state index is 9.05. The second-order valence-corrected chi connectivity index (χ2v) is 4.02. The van der Waals surface area contributed by atoms with E-state index in [1.165, 1.54) is 12.1 Å². The first kappa shape index (κ1) is 12.3. The summed E-state index contributed by atoms with van der Waals surface area (Å²) in [5, 5.41) is 35.8. The second-order valence-electron chi connectivity index (χ2n) is 4.02. The molecule has 4 nitrogen and oxygen atoms in total. The van der Waals surface area contributed by atoms with Gasteiger partial charge in [-0.25, -0.2) is 0 Å². The molecule has 0 aliphatic heterocycles. The third-order valence-corrected chi connectivity index (χ3v) is 2.47. The van der Waals surface area contributed by atoms with Gasteiger partial charge in [0.15, 0.2) is 0 Å². The molecule has 0 amide bonds. The van der Waals surface area contributed by atoms with E-state index in [-0.39, 0.29) is 16.7 Å². The summed E-state index contributed by atoms with van der Waals surface area (Å²) in [7, 11) is 0. The first-order valence-corrected chi connectivity index (χ1v) is 4.80. The van der Waals surface area contributed by atoms with Crippen LogP contribution in [0.1, 0.15) is 36.1 Å². The van der Waals surface area contributed by atoms with Gasteiger partial charge in [0, 0.05) is 0 Å². The molecule has 17 heavy (non-hydrogen) atoms. The van der Waals surface area contributed by atoms with E-state index >= 15 is 0 Å². The van der Waals surface area contributed by atoms with Gasteiger partial charge in [0.25, 0.3) is 0 Å². The highest BCUT2D eigenvalue weighted by Crippen LogP contribution is 2.28.